The van der Waals surface area contributed by atoms with Gasteiger partial charge in [-0.05, 0) is 55.1 Å². The molecule has 0 saturated heterocycles. The van der Waals surface area contributed by atoms with Gasteiger partial charge < -0.3 is 9.15 Å². The monoisotopic (exact) mass is 572 g/mol. The van der Waals surface area contributed by atoms with Gasteiger partial charge in [-0.25, -0.2) is 9.79 Å². The third kappa shape index (κ3) is 4.99. The lowest BCUT2D eigenvalue weighted by molar-refractivity contribution is -0.139. The van der Waals surface area contributed by atoms with Gasteiger partial charge in [-0.2, -0.15) is 0 Å². The molecule has 6 nitrogen and oxygen atoms in total. The zero-order valence-corrected chi connectivity index (χ0v) is 23.1. The van der Waals surface area contributed by atoms with Crippen LogP contribution < -0.4 is 14.9 Å². The number of nitrogens with zero attached hydrogens (tertiary/aromatic N) is 2. The molecule has 0 amide bonds. The molecule has 5 rings (SSSR count). The number of allylic oxidation sites excluding steroid dienone is 1. The molecule has 4 heterocycles. The number of carbonyl (C=O) groups excluding carboxylic acids is 1. The second-order valence-electron chi connectivity index (χ2n) is 8.26. The molecule has 1 atom stereocenters. The van der Waals surface area contributed by atoms with E-state index in [4.69, 9.17) is 37.3 Å². The summed E-state index contributed by atoms with van der Waals surface area (Å²) in [6.45, 7) is 4.03. The van der Waals surface area contributed by atoms with Gasteiger partial charge in [-0.3, -0.25) is 9.36 Å². The first-order chi connectivity index (χ1) is 17.9. The summed E-state index contributed by atoms with van der Waals surface area (Å²) >= 11 is 15.1. The number of esters is 1. The highest BCUT2D eigenvalue weighted by Gasteiger charge is 2.34. The molecule has 1 aromatic carbocycles. The summed E-state index contributed by atoms with van der Waals surface area (Å²) < 4.78 is 13.4. The third-order valence-electron chi connectivity index (χ3n) is 5.80. The number of furan rings is 1. The molecule has 190 valence electrons. The SMILES string of the molecule is CCCC1=C(C(=O)OCC)C(c2cccs2)n2c(s/c(=C\c3ccc(-c4ccc(Cl)cc4Cl)o3)c2=O)=N1. The summed E-state index contributed by atoms with van der Waals surface area (Å²) in [6, 6.07) is 12.0. The predicted octanol–water partition coefficient (Wildman–Crippen LogP) is 6.21. The van der Waals surface area contributed by atoms with Crippen LogP contribution >= 0.6 is 45.9 Å². The molecule has 0 N–H and O–H groups in total. The molecule has 10 heteroatoms. The molecule has 0 aliphatic carbocycles. The summed E-state index contributed by atoms with van der Waals surface area (Å²) in [4.78, 5) is 33.0. The van der Waals surface area contributed by atoms with E-state index >= 15 is 0 Å². The van der Waals surface area contributed by atoms with Crippen molar-refractivity contribution in [3.8, 4) is 11.3 Å². The molecule has 0 radical (unpaired) electrons. The van der Waals surface area contributed by atoms with E-state index in [2.05, 4.69) is 0 Å². The molecular weight excluding hydrogens is 551 g/mol. The van der Waals surface area contributed by atoms with Crippen LogP contribution in [-0.2, 0) is 9.53 Å². The lowest BCUT2D eigenvalue weighted by atomic mass is 9.99. The Balaban J connectivity index is 1.64. The number of hydrogen-bond donors (Lipinski definition) is 0. The van der Waals surface area contributed by atoms with Crippen molar-refractivity contribution in [2.75, 3.05) is 6.61 Å². The van der Waals surface area contributed by atoms with Crippen molar-refractivity contribution in [1.29, 1.82) is 0 Å². The van der Waals surface area contributed by atoms with Gasteiger partial charge in [0.15, 0.2) is 4.80 Å². The van der Waals surface area contributed by atoms with E-state index < -0.39 is 12.0 Å². The molecule has 0 bridgehead atoms. The highest BCUT2D eigenvalue weighted by Crippen LogP contribution is 2.35. The largest absolute Gasteiger partial charge is 0.463 e. The van der Waals surface area contributed by atoms with Crippen molar-refractivity contribution in [2.45, 2.75) is 32.7 Å². The minimum atomic E-state index is -0.598. The number of rotatable bonds is 7. The van der Waals surface area contributed by atoms with Gasteiger partial charge >= 0.3 is 5.97 Å². The molecule has 4 aromatic rings. The number of halogens is 2. The van der Waals surface area contributed by atoms with Crippen LogP contribution in [-0.4, -0.2) is 17.1 Å². The van der Waals surface area contributed by atoms with Crippen molar-refractivity contribution in [2.24, 2.45) is 4.99 Å². The van der Waals surface area contributed by atoms with Crippen LogP contribution in [0.5, 0.6) is 0 Å². The van der Waals surface area contributed by atoms with Crippen LogP contribution in [0.25, 0.3) is 17.4 Å². The predicted molar refractivity (Wildman–Crippen MR) is 148 cm³/mol. The molecule has 1 unspecified atom stereocenters. The van der Waals surface area contributed by atoms with Gasteiger partial charge in [0.05, 0.1) is 27.4 Å². The Morgan fingerprint density at radius 3 is 2.76 bits per heavy atom. The Morgan fingerprint density at radius 2 is 2.05 bits per heavy atom. The first-order valence-corrected chi connectivity index (χ1v) is 14.2. The number of thiazole rings is 1. The van der Waals surface area contributed by atoms with Gasteiger partial charge in [0.2, 0.25) is 0 Å². The molecular formula is C27H22Cl2N2O4S2. The Hall–Kier alpha value is -2.91. The Kier molecular flexibility index (Phi) is 7.53. The fraction of sp³-hybridized carbons (Fsp3) is 0.222. The zero-order chi connectivity index (χ0) is 26.1. The molecule has 0 saturated carbocycles. The number of carbonyl (C=O) groups is 1. The third-order valence-corrected chi connectivity index (χ3v) is 8.26. The normalized spacial score (nSPS) is 15.6. The van der Waals surface area contributed by atoms with Crippen molar-refractivity contribution < 1.29 is 13.9 Å². The first kappa shape index (κ1) is 25.7. The molecule has 3 aromatic heterocycles. The van der Waals surface area contributed by atoms with Gasteiger partial charge in [0.25, 0.3) is 5.56 Å². The van der Waals surface area contributed by atoms with Crippen LogP contribution in [0.1, 0.15) is 43.4 Å². The molecule has 1 aliphatic rings. The van der Waals surface area contributed by atoms with Gasteiger partial charge in [0, 0.05) is 21.5 Å². The standard InChI is InChI=1S/C27H22Cl2N2O4S2/c1-3-6-19-23(26(33)34-4-2)24(21-7-5-12-36-21)31-25(32)22(37-27(31)30-19)14-16-9-11-20(35-16)17-10-8-15(28)13-18(17)29/h5,7-14,24H,3-4,6H2,1-2H3/b22-14-. The van der Waals surface area contributed by atoms with Crippen LogP contribution in [0.3, 0.4) is 0 Å². The molecule has 1 aliphatic heterocycles. The number of thiophene rings is 1. The summed E-state index contributed by atoms with van der Waals surface area (Å²) in [5, 5.41) is 2.94. The van der Waals surface area contributed by atoms with E-state index in [1.165, 1.54) is 22.7 Å². The Labute approximate surface area is 230 Å². The zero-order valence-electron chi connectivity index (χ0n) is 20.0. The topological polar surface area (TPSA) is 73.8 Å². The van der Waals surface area contributed by atoms with Gasteiger partial charge in [0.1, 0.15) is 17.6 Å². The number of fused-ring (bicyclic) bond motifs is 1. The smallest absolute Gasteiger partial charge is 0.338 e. The quantitative estimate of drug-likeness (QED) is 0.247. The van der Waals surface area contributed by atoms with E-state index in [1.54, 1.807) is 47.9 Å². The lowest BCUT2D eigenvalue weighted by Crippen LogP contribution is -2.39. The van der Waals surface area contributed by atoms with E-state index in [0.717, 1.165) is 11.3 Å². The average Bonchev–Trinajstić information content (AvgIpc) is 3.61. The Bertz CT molecular complexity index is 1680. The number of ether oxygens (including phenoxy) is 1. The maximum Gasteiger partial charge on any atom is 0.338 e. The van der Waals surface area contributed by atoms with Crippen LogP contribution in [0.2, 0.25) is 10.0 Å². The second-order valence-corrected chi connectivity index (χ2v) is 11.1. The van der Waals surface area contributed by atoms with Crippen molar-refractivity contribution >= 4 is 57.9 Å². The summed E-state index contributed by atoms with van der Waals surface area (Å²) in [5.74, 6) is 0.613. The highest BCUT2D eigenvalue weighted by atomic mass is 35.5. The number of hydrogen-bond acceptors (Lipinski definition) is 7. The molecule has 0 fully saturated rings. The van der Waals surface area contributed by atoms with Crippen LogP contribution in [0.15, 0.2) is 73.3 Å². The second kappa shape index (κ2) is 10.8. The lowest BCUT2D eigenvalue weighted by Gasteiger charge is -2.24. The van der Waals surface area contributed by atoms with Crippen LogP contribution in [0, 0.1) is 0 Å². The fourth-order valence-electron chi connectivity index (χ4n) is 4.23. The first-order valence-electron chi connectivity index (χ1n) is 11.7. The van der Waals surface area contributed by atoms with Gasteiger partial charge in [-0.15, -0.1) is 11.3 Å². The molecule has 0 spiro atoms. The minimum Gasteiger partial charge on any atom is -0.463 e. The van der Waals surface area contributed by atoms with Crippen molar-refractivity contribution in [3.63, 3.8) is 0 Å². The number of benzene rings is 1. The van der Waals surface area contributed by atoms with E-state index in [0.29, 0.717) is 54.2 Å². The van der Waals surface area contributed by atoms with E-state index in [-0.39, 0.29) is 12.2 Å². The maximum atomic E-state index is 13.7. The highest BCUT2D eigenvalue weighted by molar-refractivity contribution is 7.10. The summed E-state index contributed by atoms with van der Waals surface area (Å²) in [5.41, 5.74) is 1.53. The van der Waals surface area contributed by atoms with Crippen LogP contribution in [0.4, 0.5) is 0 Å². The molecule has 37 heavy (non-hydrogen) atoms. The van der Waals surface area contributed by atoms with Crippen molar-refractivity contribution in [1.82, 2.24) is 4.57 Å². The minimum absolute atomic E-state index is 0.238. The van der Waals surface area contributed by atoms with E-state index in [9.17, 15) is 9.59 Å². The van der Waals surface area contributed by atoms with Gasteiger partial charge in [-0.1, -0.05) is 53.9 Å². The van der Waals surface area contributed by atoms with E-state index in [1.807, 2.05) is 24.4 Å². The average molecular weight is 574 g/mol. The fourth-order valence-corrected chi connectivity index (χ4v) is 6.56. The maximum absolute atomic E-state index is 13.7. The Morgan fingerprint density at radius 1 is 1.22 bits per heavy atom. The number of aromatic nitrogens is 1. The summed E-state index contributed by atoms with van der Waals surface area (Å²) in [6.07, 6.45) is 3.09. The van der Waals surface area contributed by atoms with Crippen molar-refractivity contribution in [3.05, 3.63) is 99.5 Å². The summed E-state index contributed by atoms with van der Waals surface area (Å²) in [7, 11) is 0.